The number of hydrogen-bond acceptors (Lipinski definition) is 6. The number of hydrogen-bond donors (Lipinski definition) is 3. The highest BCUT2D eigenvalue weighted by molar-refractivity contribution is 5.95. The van der Waals surface area contributed by atoms with Crippen molar-refractivity contribution in [3.8, 4) is 11.1 Å². The molecule has 0 saturated heterocycles. The molecular formula is C26H27N3O6. The van der Waals surface area contributed by atoms with Gasteiger partial charge in [0.2, 0.25) is 0 Å². The van der Waals surface area contributed by atoms with Gasteiger partial charge in [0.15, 0.2) is 17.8 Å². The Labute approximate surface area is 202 Å². The van der Waals surface area contributed by atoms with Gasteiger partial charge in [-0.1, -0.05) is 62.4 Å². The number of rotatable bonds is 9. The number of carbonyl (C=O) groups is 3. The highest BCUT2D eigenvalue weighted by Gasteiger charge is 2.29. The van der Waals surface area contributed by atoms with Crippen molar-refractivity contribution in [2.45, 2.75) is 38.8 Å². The molecule has 1 aliphatic rings. The lowest BCUT2D eigenvalue weighted by atomic mass is 9.98. The maximum atomic E-state index is 12.6. The van der Waals surface area contributed by atoms with Gasteiger partial charge < -0.3 is 24.9 Å². The van der Waals surface area contributed by atoms with Crippen LogP contribution < -0.4 is 10.6 Å². The van der Waals surface area contributed by atoms with Crippen molar-refractivity contribution < 1.29 is 28.6 Å². The molecule has 3 N–H and O–H groups in total. The van der Waals surface area contributed by atoms with Gasteiger partial charge in [0.25, 0.3) is 5.91 Å². The van der Waals surface area contributed by atoms with Crippen molar-refractivity contribution in [1.29, 1.82) is 0 Å². The van der Waals surface area contributed by atoms with Gasteiger partial charge in [-0.2, -0.15) is 0 Å². The minimum Gasteiger partial charge on any atom is -0.480 e. The van der Waals surface area contributed by atoms with Crippen molar-refractivity contribution in [2.24, 2.45) is 5.92 Å². The number of carboxylic acid groups (broad SMARTS) is 1. The standard InChI is InChI=1S/C26H27N3O6/c1-15(2)11-21(25(31)32)29-24(30)23-22(35-14-28-23)12-27-26(33)34-13-20-18-9-5-3-7-16(18)17-8-4-6-10-19(17)20/h3-10,14-15,20-21H,11-13H2,1-2H3,(H,27,33)(H,29,30)(H,31,32). The number of amides is 2. The summed E-state index contributed by atoms with van der Waals surface area (Å²) in [5, 5.41) is 14.4. The highest BCUT2D eigenvalue weighted by Crippen LogP contribution is 2.44. The van der Waals surface area contributed by atoms with E-state index in [4.69, 9.17) is 9.15 Å². The fourth-order valence-electron chi connectivity index (χ4n) is 4.30. The number of fused-ring (bicyclic) bond motifs is 3. The zero-order valence-electron chi connectivity index (χ0n) is 19.5. The first-order valence-corrected chi connectivity index (χ1v) is 11.4. The molecule has 0 spiro atoms. The van der Waals surface area contributed by atoms with Crippen LogP contribution in [0.5, 0.6) is 0 Å². The Balaban J connectivity index is 1.35. The van der Waals surface area contributed by atoms with E-state index in [1.807, 2.05) is 50.2 Å². The van der Waals surface area contributed by atoms with E-state index < -0.39 is 24.0 Å². The second kappa shape index (κ2) is 10.4. The molecule has 4 rings (SSSR count). The van der Waals surface area contributed by atoms with Gasteiger partial charge in [0.05, 0.1) is 6.54 Å². The van der Waals surface area contributed by atoms with Gasteiger partial charge in [-0.15, -0.1) is 0 Å². The molecule has 35 heavy (non-hydrogen) atoms. The number of aliphatic carboxylic acids is 1. The Bertz CT molecular complexity index is 1190. The van der Waals surface area contributed by atoms with Gasteiger partial charge in [0, 0.05) is 5.92 Å². The van der Waals surface area contributed by atoms with Gasteiger partial charge in [0.1, 0.15) is 12.6 Å². The number of oxazole rings is 1. The summed E-state index contributed by atoms with van der Waals surface area (Å²) in [6.07, 6.45) is 0.673. The van der Waals surface area contributed by atoms with Crippen LogP contribution in [-0.2, 0) is 16.1 Å². The molecule has 9 nitrogen and oxygen atoms in total. The summed E-state index contributed by atoms with van der Waals surface area (Å²) in [5.74, 6) is -1.72. The van der Waals surface area contributed by atoms with E-state index in [0.717, 1.165) is 28.6 Å². The van der Waals surface area contributed by atoms with Crippen molar-refractivity contribution >= 4 is 18.0 Å². The molecule has 1 aromatic heterocycles. The van der Waals surface area contributed by atoms with E-state index in [1.54, 1.807) is 0 Å². The predicted molar refractivity (Wildman–Crippen MR) is 127 cm³/mol. The van der Waals surface area contributed by atoms with E-state index in [2.05, 4.69) is 27.8 Å². The first-order valence-electron chi connectivity index (χ1n) is 11.4. The summed E-state index contributed by atoms with van der Waals surface area (Å²) in [7, 11) is 0. The van der Waals surface area contributed by atoms with Crippen molar-refractivity contribution in [2.75, 3.05) is 6.61 Å². The minimum absolute atomic E-state index is 0.0726. The molecule has 1 aliphatic carbocycles. The third-order valence-electron chi connectivity index (χ3n) is 5.90. The van der Waals surface area contributed by atoms with Crippen molar-refractivity contribution in [3.05, 3.63) is 77.5 Å². The summed E-state index contributed by atoms with van der Waals surface area (Å²) in [5.41, 5.74) is 4.38. The average Bonchev–Trinajstić information content (AvgIpc) is 3.43. The lowest BCUT2D eigenvalue weighted by Crippen LogP contribution is -2.42. The number of carboxylic acids is 1. The summed E-state index contributed by atoms with van der Waals surface area (Å²) in [6, 6.07) is 15.0. The SMILES string of the molecule is CC(C)CC(NC(=O)c1ncoc1CNC(=O)OCC1c2ccccc2-c2ccccc21)C(=O)O. The molecule has 9 heteroatoms. The summed E-state index contributed by atoms with van der Waals surface area (Å²) in [4.78, 5) is 40.3. The van der Waals surface area contributed by atoms with Crippen LogP contribution in [-0.4, -0.2) is 40.7 Å². The van der Waals surface area contributed by atoms with E-state index in [-0.39, 0.29) is 42.9 Å². The van der Waals surface area contributed by atoms with Crippen LogP contribution in [0.1, 0.15) is 53.6 Å². The maximum absolute atomic E-state index is 12.6. The molecule has 2 aromatic carbocycles. The molecule has 0 saturated carbocycles. The number of benzene rings is 2. The lowest BCUT2D eigenvalue weighted by Gasteiger charge is -2.16. The molecular weight excluding hydrogens is 450 g/mol. The highest BCUT2D eigenvalue weighted by atomic mass is 16.5. The van der Waals surface area contributed by atoms with Gasteiger partial charge >= 0.3 is 12.1 Å². The van der Waals surface area contributed by atoms with E-state index in [9.17, 15) is 19.5 Å². The fraction of sp³-hybridized carbons (Fsp3) is 0.308. The number of nitrogens with zero attached hydrogens (tertiary/aromatic N) is 1. The van der Waals surface area contributed by atoms with Crippen LogP contribution >= 0.6 is 0 Å². The Morgan fingerprint density at radius 2 is 1.69 bits per heavy atom. The van der Waals surface area contributed by atoms with Crippen molar-refractivity contribution in [1.82, 2.24) is 15.6 Å². The molecule has 1 atom stereocenters. The second-order valence-corrected chi connectivity index (χ2v) is 8.80. The summed E-state index contributed by atoms with van der Waals surface area (Å²) >= 11 is 0. The van der Waals surface area contributed by atoms with E-state index >= 15 is 0 Å². The van der Waals surface area contributed by atoms with Crippen LogP contribution in [0.3, 0.4) is 0 Å². The molecule has 0 fully saturated rings. The second-order valence-electron chi connectivity index (χ2n) is 8.80. The van der Waals surface area contributed by atoms with Crippen LogP contribution in [0, 0.1) is 5.92 Å². The third-order valence-corrected chi connectivity index (χ3v) is 5.90. The number of ether oxygens (including phenoxy) is 1. The normalized spacial score (nSPS) is 13.1. The molecule has 0 radical (unpaired) electrons. The minimum atomic E-state index is -1.13. The molecule has 182 valence electrons. The first kappa shape index (κ1) is 24.0. The quantitative estimate of drug-likeness (QED) is 0.425. The number of aromatic nitrogens is 1. The van der Waals surface area contributed by atoms with Crippen LogP contribution in [0.4, 0.5) is 4.79 Å². The Morgan fingerprint density at radius 3 is 2.29 bits per heavy atom. The maximum Gasteiger partial charge on any atom is 0.407 e. The van der Waals surface area contributed by atoms with Gasteiger partial charge in [-0.3, -0.25) is 4.79 Å². The van der Waals surface area contributed by atoms with Gasteiger partial charge in [-0.25, -0.2) is 14.6 Å². The average molecular weight is 478 g/mol. The number of nitrogens with one attached hydrogen (secondary N) is 2. The van der Waals surface area contributed by atoms with Crippen LogP contribution in [0.15, 0.2) is 59.3 Å². The Kier molecular flexibility index (Phi) is 7.14. The lowest BCUT2D eigenvalue weighted by molar-refractivity contribution is -0.139. The fourth-order valence-corrected chi connectivity index (χ4v) is 4.30. The Hall–Kier alpha value is -4.14. The first-order chi connectivity index (χ1) is 16.8. The summed E-state index contributed by atoms with van der Waals surface area (Å²) in [6.45, 7) is 3.74. The third kappa shape index (κ3) is 5.34. The zero-order chi connectivity index (χ0) is 24.9. The zero-order valence-corrected chi connectivity index (χ0v) is 19.5. The molecule has 1 heterocycles. The molecule has 0 bridgehead atoms. The Morgan fingerprint density at radius 1 is 1.06 bits per heavy atom. The van der Waals surface area contributed by atoms with E-state index in [1.165, 1.54) is 0 Å². The molecule has 2 amide bonds. The number of alkyl carbamates (subject to hydrolysis) is 1. The van der Waals surface area contributed by atoms with Crippen molar-refractivity contribution in [3.63, 3.8) is 0 Å². The van der Waals surface area contributed by atoms with Crippen LogP contribution in [0.2, 0.25) is 0 Å². The molecule has 3 aromatic rings. The van der Waals surface area contributed by atoms with Gasteiger partial charge in [-0.05, 0) is 34.6 Å². The number of carbonyl (C=O) groups excluding carboxylic acids is 2. The topological polar surface area (TPSA) is 131 Å². The molecule has 1 unspecified atom stereocenters. The van der Waals surface area contributed by atoms with Crippen LogP contribution in [0.25, 0.3) is 11.1 Å². The smallest absolute Gasteiger partial charge is 0.407 e. The largest absolute Gasteiger partial charge is 0.480 e. The summed E-state index contributed by atoms with van der Waals surface area (Å²) < 4.78 is 10.7. The molecule has 0 aliphatic heterocycles. The monoisotopic (exact) mass is 477 g/mol. The van der Waals surface area contributed by atoms with E-state index in [0.29, 0.717) is 0 Å². The predicted octanol–water partition coefficient (Wildman–Crippen LogP) is 3.94.